The monoisotopic (exact) mass is 377 g/mol. The highest BCUT2D eigenvalue weighted by atomic mass is 16.5. The van der Waals surface area contributed by atoms with Crippen molar-refractivity contribution in [3.05, 3.63) is 54.2 Å². The van der Waals surface area contributed by atoms with E-state index in [0.29, 0.717) is 12.3 Å². The molecule has 146 valence electrons. The first-order valence-electron chi connectivity index (χ1n) is 10.2. The molecular weight excluding hydrogens is 350 g/mol. The third-order valence-corrected chi connectivity index (χ3v) is 5.71. The van der Waals surface area contributed by atoms with Crippen LogP contribution in [0, 0.1) is 5.92 Å². The zero-order valence-electron chi connectivity index (χ0n) is 16.1. The Morgan fingerprint density at radius 1 is 1.11 bits per heavy atom. The molecule has 0 radical (unpaired) electrons. The highest BCUT2D eigenvalue weighted by molar-refractivity contribution is 5.86. The first-order chi connectivity index (χ1) is 13.7. The molecule has 0 aliphatic heterocycles. The molecule has 4 heteroatoms. The molecule has 0 amide bonds. The number of carboxylic acid groups (broad SMARTS) is 1. The van der Waals surface area contributed by atoms with E-state index in [9.17, 15) is 4.79 Å². The van der Waals surface area contributed by atoms with Gasteiger partial charge in [-0.25, -0.2) is 0 Å². The van der Waals surface area contributed by atoms with Crippen LogP contribution in [0.15, 0.2) is 48.7 Å². The fourth-order valence-corrected chi connectivity index (χ4v) is 4.13. The van der Waals surface area contributed by atoms with Gasteiger partial charge in [-0.1, -0.05) is 25.0 Å². The Labute approximate surface area is 165 Å². The second-order valence-electron chi connectivity index (χ2n) is 7.82. The van der Waals surface area contributed by atoms with Crippen molar-refractivity contribution >= 4 is 16.9 Å². The highest BCUT2D eigenvalue weighted by Gasteiger charge is 2.17. The Hall–Kier alpha value is -2.75. The van der Waals surface area contributed by atoms with Crippen molar-refractivity contribution in [1.29, 1.82) is 0 Å². The molecule has 1 heterocycles. The molecule has 4 rings (SSSR count). The number of hydrogen-bond acceptors (Lipinski definition) is 2. The van der Waals surface area contributed by atoms with Gasteiger partial charge in [-0.05, 0) is 78.4 Å². The SMILES string of the molecule is O=C(O)CCCc1ccc(OCC2CCCC2)c(-c2ccc3[nH]ccc3c2)c1. The number of carboxylic acids is 1. The van der Waals surface area contributed by atoms with Gasteiger partial charge in [-0.3, -0.25) is 4.79 Å². The lowest BCUT2D eigenvalue weighted by Crippen LogP contribution is -2.08. The van der Waals surface area contributed by atoms with E-state index in [-0.39, 0.29) is 6.42 Å². The lowest BCUT2D eigenvalue weighted by Gasteiger charge is -2.16. The highest BCUT2D eigenvalue weighted by Crippen LogP contribution is 2.34. The van der Waals surface area contributed by atoms with Crippen molar-refractivity contribution in [1.82, 2.24) is 4.98 Å². The molecule has 1 aromatic heterocycles. The summed E-state index contributed by atoms with van der Waals surface area (Å²) in [6.45, 7) is 0.776. The van der Waals surface area contributed by atoms with Crippen LogP contribution in [0.3, 0.4) is 0 Å². The van der Waals surface area contributed by atoms with Crippen molar-refractivity contribution < 1.29 is 14.6 Å². The quantitative estimate of drug-likeness (QED) is 0.520. The Bertz CT molecular complexity index is 953. The molecule has 0 bridgehead atoms. The molecule has 3 aromatic rings. The first-order valence-corrected chi connectivity index (χ1v) is 10.2. The number of ether oxygens (including phenoxy) is 1. The van der Waals surface area contributed by atoms with Gasteiger partial charge in [0.25, 0.3) is 0 Å². The number of aliphatic carboxylic acids is 1. The predicted molar refractivity (Wildman–Crippen MR) is 112 cm³/mol. The molecule has 2 N–H and O–H groups in total. The summed E-state index contributed by atoms with van der Waals surface area (Å²) in [6.07, 6.45) is 8.71. The predicted octanol–water partition coefficient (Wildman–Crippen LogP) is 5.81. The molecular formula is C24H27NO3. The maximum Gasteiger partial charge on any atom is 0.303 e. The second kappa shape index (κ2) is 8.51. The van der Waals surface area contributed by atoms with Crippen LogP contribution in [0.1, 0.15) is 44.1 Å². The van der Waals surface area contributed by atoms with Gasteiger partial charge in [0.2, 0.25) is 0 Å². The fourth-order valence-electron chi connectivity index (χ4n) is 4.13. The van der Waals surface area contributed by atoms with Crippen LogP contribution in [0.4, 0.5) is 0 Å². The zero-order valence-corrected chi connectivity index (χ0v) is 16.1. The Balaban J connectivity index is 1.60. The summed E-state index contributed by atoms with van der Waals surface area (Å²) in [5.74, 6) is 0.841. The van der Waals surface area contributed by atoms with Crippen molar-refractivity contribution in [2.45, 2.75) is 44.9 Å². The van der Waals surface area contributed by atoms with Crippen LogP contribution in [-0.2, 0) is 11.2 Å². The number of rotatable bonds is 8. The molecule has 2 aromatic carbocycles. The molecule has 0 spiro atoms. The number of nitrogens with one attached hydrogen (secondary N) is 1. The first kappa shape index (κ1) is 18.6. The van der Waals surface area contributed by atoms with E-state index in [1.165, 1.54) is 31.1 Å². The van der Waals surface area contributed by atoms with Crippen LogP contribution < -0.4 is 4.74 Å². The number of aryl methyl sites for hydroxylation is 1. The largest absolute Gasteiger partial charge is 0.493 e. The minimum absolute atomic E-state index is 0.199. The molecule has 1 fully saturated rings. The summed E-state index contributed by atoms with van der Waals surface area (Å²) in [4.78, 5) is 14.1. The number of aromatic amines is 1. The van der Waals surface area contributed by atoms with Gasteiger partial charge in [0, 0.05) is 23.7 Å². The van der Waals surface area contributed by atoms with E-state index in [4.69, 9.17) is 9.84 Å². The van der Waals surface area contributed by atoms with Crippen LogP contribution in [0.5, 0.6) is 5.75 Å². The summed E-state index contributed by atoms with van der Waals surface area (Å²) in [5, 5.41) is 10.1. The molecule has 0 saturated heterocycles. The summed E-state index contributed by atoms with van der Waals surface area (Å²) >= 11 is 0. The number of H-pyrrole nitrogens is 1. The average Bonchev–Trinajstić information content (AvgIpc) is 3.37. The van der Waals surface area contributed by atoms with Crippen LogP contribution in [0.25, 0.3) is 22.0 Å². The van der Waals surface area contributed by atoms with Crippen molar-refractivity contribution in [2.75, 3.05) is 6.61 Å². The minimum atomic E-state index is -0.741. The van der Waals surface area contributed by atoms with Crippen molar-refractivity contribution in [3.63, 3.8) is 0 Å². The van der Waals surface area contributed by atoms with Crippen LogP contribution in [-0.4, -0.2) is 22.7 Å². The molecule has 1 saturated carbocycles. The standard InChI is InChI=1S/C24H27NO3/c26-24(27)7-3-6-17-8-11-23(28-16-18-4-1-2-5-18)21(14-17)19-9-10-22-20(15-19)12-13-25-22/h8-15,18,25H,1-7,16H2,(H,26,27). The Kier molecular flexibility index (Phi) is 5.65. The number of benzene rings is 2. The lowest BCUT2D eigenvalue weighted by atomic mass is 9.98. The van der Waals surface area contributed by atoms with E-state index in [0.717, 1.165) is 41.0 Å². The van der Waals surface area contributed by atoms with Gasteiger partial charge >= 0.3 is 5.97 Å². The van der Waals surface area contributed by atoms with E-state index in [2.05, 4.69) is 47.4 Å². The molecule has 28 heavy (non-hydrogen) atoms. The van der Waals surface area contributed by atoms with E-state index >= 15 is 0 Å². The van der Waals surface area contributed by atoms with Crippen molar-refractivity contribution in [3.8, 4) is 16.9 Å². The summed E-state index contributed by atoms with van der Waals surface area (Å²) in [7, 11) is 0. The van der Waals surface area contributed by atoms with Gasteiger partial charge in [-0.2, -0.15) is 0 Å². The van der Waals surface area contributed by atoms with Crippen LogP contribution >= 0.6 is 0 Å². The van der Waals surface area contributed by atoms with Crippen molar-refractivity contribution in [2.24, 2.45) is 5.92 Å². The van der Waals surface area contributed by atoms with E-state index in [1.54, 1.807) is 0 Å². The Morgan fingerprint density at radius 3 is 2.79 bits per heavy atom. The van der Waals surface area contributed by atoms with Gasteiger partial charge in [0.05, 0.1) is 6.61 Å². The third-order valence-electron chi connectivity index (χ3n) is 5.71. The topological polar surface area (TPSA) is 62.3 Å². The van der Waals surface area contributed by atoms with E-state index < -0.39 is 5.97 Å². The normalized spacial score (nSPS) is 14.6. The second-order valence-corrected chi connectivity index (χ2v) is 7.82. The third kappa shape index (κ3) is 4.38. The molecule has 0 unspecified atom stereocenters. The molecule has 1 aliphatic rings. The van der Waals surface area contributed by atoms with Gasteiger partial charge in [0.15, 0.2) is 0 Å². The van der Waals surface area contributed by atoms with Crippen LogP contribution in [0.2, 0.25) is 0 Å². The fraction of sp³-hybridized carbons (Fsp3) is 0.375. The summed E-state index contributed by atoms with van der Waals surface area (Å²) < 4.78 is 6.26. The summed E-state index contributed by atoms with van der Waals surface area (Å²) in [6, 6.07) is 14.8. The maximum absolute atomic E-state index is 10.8. The Morgan fingerprint density at radius 2 is 1.96 bits per heavy atom. The number of hydrogen-bond donors (Lipinski definition) is 2. The number of carbonyl (C=O) groups is 1. The summed E-state index contributed by atoms with van der Waals surface area (Å²) in [5.41, 5.74) is 4.50. The molecule has 0 atom stereocenters. The molecule has 4 nitrogen and oxygen atoms in total. The maximum atomic E-state index is 10.8. The number of aromatic nitrogens is 1. The lowest BCUT2D eigenvalue weighted by molar-refractivity contribution is -0.137. The van der Waals surface area contributed by atoms with Gasteiger partial charge in [-0.15, -0.1) is 0 Å². The molecule has 1 aliphatic carbocycles. The van der Waals surface area contributed by atoms with Gasteiger partial charge in [0.1, 0.15) is 5.75 Å². The zero-order chi connectivity index (χ0) is 19.3. The van der Waals surface area contributed by atoms with Gasteiger partial charge < -0.3 is 14.8 Å². The van der Waals surface area contributed by atoms with E-state index in [1.807, 2.05) is 6.20 Å². The average molecular weight is 377 g/mol. The minimum Gasteiger partial charge on any atom is -0.493 e. The smallest absolute Gasteiger partial charge is 0.303 e. The number of fused-ring (bicyclic) bond motifs is 1.